The highest BCUT2D eigenvalue weighted by molar-refractivity contribution is 6.33. The van der Waals surface area contributed by atoms with Crippen LogP contribution in [0.2, 0.25) is 40.2 Å². The summed E-state index contributed by atoms with van der Waals surface area (Å²) in [6.07, 6.45) is 0. The molecule has 0 atom stereocenters. The maximum absolute atomic E-state index is 6.91. The zero-order valence-electron chi connectivity index (χ0n) is 33.5. The third-order valence-electron chi connectivity index (χ3n) is 17.0. The Kier molecular flexibility index (Phi) is 8.16. The molecule has 0 heterocycles. The molecule has 0 amide bonds. The average Bonchev–Trinajstić information content (AvgIpc) is 3.30. The Bertz CT molecular complexity index is 2490. The van der Waals surface area contributed by atoms with E-state index in [-0.39, 0.29) is 0 Å². The molecular formula is C56H32Cl8. The van der Waals surface area contributed by atoms with E-state index in [1.165, 1.54) is 44.5 Å². The van der Waals surface area contributed by atoms with Crippen LogP contribution in [0.5, 0.6) is 0 Å². The van der Waals surface area contributed by atoms with Crippen molar-refractivity contribution in [3.63, 3.8) is 0 Å². The minimum absolute atomic E-state index is 0.659. The Morgan fingerprint density at radius 1 is 0.141 bits per heavy atom. The maximum Gasteiger partial charge on any atom is 0.0406 e. The van der Waals surface area contributed by atoms with Crippen LogP contribution in [-0.4, -0.2) is 0 Å². The Labute approximate surface area is 411 Å². The fraction of sp³-hybridized carbons (Fsp3) is 0.143. The molecule has 0 aromatic heterocycles. The van der Waals surface area contributed by atoms with Crippen molar-refractivity contribution < 1.29 is 0 Å². The van der Waals surface area contributed by atoms with Gasteiger partial charge in [-0.15, -0.1) is 0 Å². The molecule has 6 fully saturated rings. The van der Waals surface area contributed by atoms with E-state index in [1.54, 1.807) is 0 Å². The van der Waals surface area contributed by atoms with Gasteiger partial charge in [0.05, 0.1) is 0 Å². The molecule has 0 spiro atoms. The van der Waals surface area contributed by atoms with Crippen molar-refractivity contribution >= 4 is 92.8 Å². The highest BCUT2D eigenvalue weighted by atomic mass is 35.5. The van der Waals surface area contributed by atoms with Gasteiger partial charge >= 0.3 is 0 Å². The van der Waals surface area contributed by atoms with Gasteiger partial charge in [0, 0.05) is 83.5 Å². The zero-order valence-corrected chi connectivity index (χ0v) is 39.5. The second-order valence-corrected chi connectivity index (χ2v) is 21.5. The molecule has 14 rings (SSSR count). The summed E-state index contributed by atoms with van der Waals surface area (Å²) in [7, 11) is 0. The Morgan fingerprint density at radius 3 is 0.297 bits per heavy atom. The average molecular weight is 988 g/mol. The van der Waals surface area contributed by atoms with E-state index < -0.39 is 43.3 Å². The normalized spacial score (nSPS) is 32.9. The summed E-state index contributed by atoms with van der Waals surface area (Å²) in [5, 5.41) is 5.28. The topological polar surface area (TPSA) is 0 Å². The fourth-order valence-corrected chi connectivity index (χ4v) is 18.2. The van der Waals surface area contributed by atoms with Crippen LogP contribution in [0.1, 0.15) is 44.5 Å². The number of hydrogen-bond acceptors (Lipinski definition) is 0. The summed E-state index contributed by atoms with van der Waals surface area (Å²) in [6.45, 7) is 0. The van der Waals surface area contributed by atoms with E-state index in [1.807, 2.05) is 97.1 Å². The van der Waals surface area contributed by atoms with Crippen LogP contribution in [-0.2, 0) is 43.3 Å². The van der Waals surface area contributed by atoms with Crippen LogP contribution in [0.3, 0.4) is 0 Å². The number of hydrogen-bond donors (Lipinski definition) is 0. The van der Waals surface area contributed by atoms with E-state index in [0.717, 1.165) is 0 Å². The first-order valence-electron chi connectivity index (χ1n) is 21.1. The molecule has 8 heteroatoms. The van der Waals surface area contributed by atoms with Crippen LogP contribution in [0.15, 0.2) is 194 Å². The summed E-state index contributed by atoms with van der Waals surface area (Å²) in [6, 6.07) is 69.1. The zero-order chi connectivity index (χ0) is 43.9. The van der Waals surface area contributed by atoms with Crippen molar-refractivity contribution in [1.82, 2.24) is 0 Å². The Balaban J connectivity index is 1.37. The molecule has 0 bridgehead atoms. The first kappa shape index (κ1) is 40.4. The van der Waals surface area contributed by atoms with E-state index in [2.05, 4.69) is 97.1 Å². The number of halogens is 8. The first-order chi connectivity index (χ1) is 31.0. The molecule has 8 aromatic rings. The quantitative estimate of drug-likeness (QED) is 0.142. The third-order valence-corrected chi connectivity index (χ3v) is 19.0. The SMILES string of the molecule is Clc1ccc(C23C4(c5ccc(Cl)cc5)C5(c6ccc(Cl)cc6)C2(c2ccc(Cl)cc2)C2(c6ccc(Cl)cc6)C3(c3ccc(Cl)cc3)C4(c3ccc(Cl)cc3)C52c2ccc(Cl)cc2)cc1. The van der Waals surface area contributed by atoms with E-state index in [0.29, 0.717) is 40.2 Å². The maximum atomic E-state index is 6.91. The molecule has 64 heavy (non-hydrogen) atoms. The van der Waals surface area contributed by atoms with Gasteiger partial charge in [-0.25, -0.2) is 0 Å². The van der Waals surface area contributed by atoms with Crippen molar-refractivity contribution in [2.75, 3.05) is 0 Å². The lowest BCUT2D eigenvalue weighted by Crippen LogP contribution is -3.41. The predicted molar refractivity (Wildman–Crippen MR) is 265 cm³/mol. The lowest BCUT2D eigenvalue weighted by Gasteiger charge is -3.32. The minimum atomic E-state index is -0.694. The minimum Gasteiger partial charge on any atom is -0.0843 e. The van der Waals surface area contributed by atoms with Crippen molar-refractivity contribution in [2.24, 2.45) is 0 Å². The van der Waals surface area contributed by atoms with E-state index in [9.17, 15) is 0 Å². The molecule has 6 aliphatic rings. The highest BCUT2D eigenvalue weighted by Gasteiger charge is 3.38. The van der Waals surface area contributed by atoms with Gasteiger partial charge in [-0.3, -0.25) is 0 Å². The molecule has 6 saturated carbocycles. The molecule has 8 aromatic carbocycles. The highest BCUT2D eigenvalue weighted by Crippen LogP contribution is 3.29. The second kappa shape index (κ2) is 12.9. The van der Waals surface area contributed by atoms with E-state index >= 15 is 0 Å². The van der Waals surface area contributed by atoms with E-state index in [4.69, 9.17) is 92.8 Å². The second-order valence-electron chi connectivity index (χ2n) is 18.1. The summed E-state index contributed by atoms with van der Waals surface area (Å²) >= 11 is 55.3. The molecule has 0 unspecified atom stereocenters. The van der Waals surface area contributed by atoms with Gasteiger partial charge in [-0.05, 0) is 142 Å². The van der Waals surface area contributed by atoms with Crippen LogP contribution in [0, 0.1) is 0 Å². The summed E-state index contributed by atoms with van der Waals surface area (Å²) in [5.74, 6) is 0. The first-order valence-corrected chi connectivity index (χ1v) is 24.1. The molecule has 6 aliphatic carbocycles. The third kappa shape index (κ3) is 3.51. The van der Waals surface area contributed by atoms with Crippen LogP contribution >= 0.6 is 92.8 Å². The molecule has 0 N–H and O–H groups in total. The number of rotatable bonds is 8. The van der Waals surface area contributed by atoms with Gasteiger partial charge in [-0.1, -0.05) is 190 Å². The van der Waals surface area contributed by atoms with Gasteiger partial charge in [-0.2, -0.15) is 0 Å². The largest absolute Gasteiger partial charge is 0.0843 e. The van der Waals surface area contributed by atoms with Crippen molar-refractivity contribution in [1.29, 1.82) is 0 Å². The Hall–Kier alpha value is -3.92. The van der Waals surface area contributed by atoms with Gasteiger partial charge < -0.3 is 0 Å². The fourth-order valence-electron chi connectivity index (χ4n) is 17.2. The molecular weight excluding hydrogens is 956 g/mol. The summed E-state index contributed by atoms with van der Waals surface area (Å²) < 4.78 is 0. The molecule has 0 nitrogen and oxygen atoms in total. The van der Waals surface area contributed by atoms with Gasteiger partial charge in [0.1, 0.15) is 0 Å². The van der Waals surface area contributed by atoms with Crippen LogP contribution < -0.4 is 0 Å². The van der Waals surface area contributed by atoms with Crippen molar-refractivity contribution in [3.05, 3.63) is 279 Å². The number of benzene rings is 8. The summed E-state index contributed by atoms with van der Waals surface area (Å²) in [5.41, 5.74) is 3.89. The van der Waals surface area contributed by atoms with Crippen molar-refractivity contribution in [2.45, 2.75) is 43.3 Å². The monoisotopic (exact) mass is 984 g/mol. The standard InChI is InChI=1S/C56H32Cl8/c57-41-17-1-33(2-18-41)49-50(34-3-19-42(58)20-4-34)53(37-9-25-45(61)26-10-37)51(49,35-5-21-43(59)22-6-35)55(39-13-29-47(63)30-14-39)52(49,36-7-23-44(60)24-8-36)54(50,38-11-27-46(62)28-12-38)56(53,55)40-15-31-48(64)32-16-40/h1-32H. The molecule has 0 radical (unpaired) electrons. The lowest BCUT2D eigenvalue weighted by atomic mass is 8.67. The molecule has 0 aliphatic heterocycles. The van der Waals surface area contributed by atoms with Gasteiger partial charge in [0.2, 0.25) is 0 Å². The summed E-state index contributed by atoms with van der Waals surface area (Å²) in [4.78, 5) is 0. The predicted octanol–water partition coefficient (Wildman–Crippen LogP) is 16.8. The van der Waals surface area contributed by atoms with Crippen LogP contribution in [0.4, 0.5) is 0 Å². The Morgan fingerprint density at radius 2 is 0.219 bits per heavy atom. The molecule has 0 saturated heterocycles. The lowest BCUT2D eigenvalue weighted by molar-refractivity contribution is -0.682. The smallest absolute Gasteiger partial charge is 0.0406 e. The van der Waals surface area contributed by atoms with Gasteiger partial charge in [0.25, 0.3) is 0 Å². The molecule has 312 valence electrons. The van der Waals surface area contributed by atoms with Gasteiger partial charge in [0.15, 0.2) is 0 Å². The van der Waals surface area contributed by atoms with Crippen molar-refractivity contribution in [3.8, 4) is 0 Å². The van der Waals surface area contributed by atoms with Crippen LogP contribution in [0.25, 0.3) is 0 Å².